The van der Waals surface area contributed by atoms with Crippen LogP contribution in [0.25, 0.3) is 0 Å². The van der Waals surface area contributed by atoms with Crippen molar-refractivity contribution >= 4 is 11.8 Å². The molecule has 16 heavy (non-hydrogen) atoms. The van der Waals surface area contributed by atoms with Gasteiger partial charge in [-0.3, -0.25) is 9.79 Å². The summed E-state index contributed by atoms with van der Waals surface area (Å²) in [6.07, 6.45) is -0.917. The van der Waals surface area contributed by atoms with Gasteiger partial charge in [0.05, 0.1) is 5.84 Å². The zero-order chi connectivity index (χ0) is 12.7. The Bertz CT molecular complexity index is 312. The third-order valence-electron chi connectivity index (χ3n) is 1.70. The molecule has 0 aromatic heterocycles. The van der Waals surface area contributed by atoms with E-state index in [1.165, 1.54) is 6.92 Å². The Morgan fingerprint density at radius 3 is 2.44 bits per heavy atom. The van der Waals surface area contributed by atoms with E-state index in [4.69, 9.17) is 16.6 Å². The number of carbonyl (C=O) groups is 1. The fraction of sp³-hybridized carbons (Fsp3) is 0.556. The fourth-order valence-corrected chi connectivity index (χ4v) is 0.857. The lowest BCUT2D eigenvalue weighted by Crippen LogP contribution is -2.30. The third kappa shape index (κ3) is 6.07. The first-order valence-corrected chi connectivity index (χ1v) is 4.62. The second-order valence-electron chi connectivity index (χ2n) is 3.23. The molecule has 5 nitrogen and oxygen atoms in total. The van der Waals surface area contributed by atoms with E-state index in [2.05, 4.69) is 4.99 Å². The van der Waals surface area contributed by atoms with E-state index in [1.807, 2.05) is 0 Å². The number of carboxylic acid groups (broad SMARTS) is 1. The molecule has 7 heteroatoms. The molecule has 0 aliphatic rings. The minimum absolute atomic E-state index is 0.0178. The zero-order valence-corrected chi connectivity index (χ0v) is 8.91. The first-order valence-electron chi connectivity index (χ1n) is 4.62. The molecule has 92 valence electrons. The van der Waals surface area contributed by atoms with Crippen molar-refractivity contribution in [2.45, 2.75) is 25.8 Å². The molecule has 0 heterocycles. The van der Waals surface area contributed by atoms with Gasteiger partial charge in [-0.2, -0.15) is 0 Å². The monoisotopic (exact) mass is 235 g/mol. The molecular formula is C9H15F2N3O2. The van der Waals surface area contributed by atoms with Gasteiger partial charge < -0.3 is 16.6 Å². The quantitative estimate of drug-likeness (QED) is 0.466. The summed E-state index contributed by atoms with van der Waals surface area (Å²) in [6.45, 7) is 1.54. The van der Waals surface area contributed by atoms with Gasteiger partial charge >= 0.3 is 5.97 Å². The Balaban J connectivity index is 4.25. The molecule has 0 radical (unpaired) electrons. The molecule has 5 N–H and O–H groups in total. The summed E-state index contributed by atoms with van der Waals surface area (Å²) < 4.78 is 26.0. The summed E-state index contributed by atoms with van der Waals surface area (Å²) in [5, 5.41) is 8.39. The Kier molecular flexibility index (Phi) is 6.24. The van der Waals surface area contributed by atoms with Crippen molar-refractivity contribution in [3.8, 4) is 0 Å². The van der Waals surface area contributed by atoms with Crippen molar-refractivity contribution in [1.82, 2.24) is 0 Å². The van der Waals surface area contributed by atoms with Crippen molar-refractivity contribution in [3.63, 3.8) is 0 Å². The van der Waals surface area contributed by atoms with Crippen molar-refractivity contribution in [3.05, 3.63) is 11.7 Å². The van der Waals surface area contributed by atoms with Gasteiger partial charge in [0.1, 0.15) is 17.7 Å². The van der Waals surface area contributed by atoms with Crippen LogP contribution in [0.15, 0.2) is 16.6 Å². The molecule has 0 aromatic rings. The van der Waals surface area contributed by atoms with Gasteiger partial charge in [0, 0.05) is 19.4 Å². The largest absolute Gasteiger partial charge is 0.480 e. The van der Waals surface area contributed by atoms with E-state index in [1.54, 1.807) is 0 Å². The molecule has 0 rings (SSSR count). The van der Waals surface area contributed by atoms with Crippen LogP contribution in [0, 0.1) is 0 Å². The molecule has 0 amide bonds. The lowest BCUT2D eigenvalue weighted by molar-refractivity contribution is -0.138. The van der Waals surface area contributed by atoms with Gasteiger partial charge in [-0.05, 0) is 6.92 Å². The highest BCUT2D eigenvalue weighted by Crippen LogP contribution is 2.16. The molecule has 0 aliphatic carbocycles. The molecular weight excluding hydrogens is 220 g/mol. The van der Waals surface area contributed by atoms with E-state index in [0.29, 0.717) is 0 Å². The van der Waals surface area contributed by atoms with Crippen LogP contribution in [-0.2, 0) is 4.79 Å². The topological polar surface area (TPSA) is 102 Å². The van der Waals surface area contributed by atoms with Crippen LogP contribution in [0.1, 0.15) is 19.8 Å². The van der Waals surface area contributed by atoms with Crippen LogP contribution >= 0.6 is 0 Å². The number of aliphatic imine (C=N–C) groups is 1. The van der Waals surface area contributed by atoms with Gasteiger partial charge in [-0.25, -0.2) is 8.78 Å². The van der Waals surface area contributed by atoms with E-state index < -0.39 is 30.1 Å². The minimum atomic E-state index is -1.44. The Morgan fingerprint density at radius 2 is 2.00 bits per heavy atom. The van der Waals surface area contributed by atoms with E-state index >= 15 is 0 Å². The Morgan fingerprint density at radius 1 is 1.44 bits per heavy atom. The van der Waals surface area contributed by atoms with E-state index in [9.17, 15) is 13.6 Å². The molecule has 0 saturated heterocycles. The van der Waals surface area contributed by atoms with Crippen LogP contribution in [0.3, 0.4) is 0 Å². The minimum Gasteiger partial charge on any atom is -0.480 e. The number of aliphatic carboxylic acids is 1. The summed E-state index contributed by atoms with van der Waals surface area (Å²) in [7, 11) is 0. The van der Waals surface area contributed by atoms with Crippen LogP contribution in [0.4, 0.5) is 8.78 Å². The van der Waals surface area contributed by atoms with Crippen LogP contribution < -0.4 is 11.5 Å². The SMILES string of the molecule is CC(N)=NCC/C(F)=C(/F)CC(N)C(=O)O. The van der Waals surface area contributed by atoms with Crippen LogP contribution in [0.2, 0.25) is 0 Å². The highest BCUT2D eigenvalue weighted by Gasteiger charge is 2.16. The van der Waals surface area contributed by atoms with E-state index in [-0.39, 0.29) is 18.8 Å². The Hall–Kier alpha value is -1.50. The summed E-state index contributed by atoms with van der Waals surface area (Å²) in [4.78, 5) is 14.0. The smallest absolute Gasteiger partial charge is 0.320 e. The van der Waals surface area contributed by atoms with Crippen molar-refractivity contribution < 1.29 is 18.7 Å². The van der Waals surface area contributed by atoms with Gasteiger partial charge in [-0.15, -0.1) is 0 Å². The molecule has 0 fully saturated rings. The van der Waals surface area contributed by atoms with Gasteiger partial charge in [0.15, 0.2) is 0 Å². The first-order chi connectivity index (χ1) is 7.34. The lowest BCUT2D eigenvalue weighted by atomic mass is 10.2. The number of halogens is 2. The lowest BCUT2D eigenvalue weighted by Gasteiger charge is -2.04. The standard InChI is InChI=1S/C9H15F2N3O2/c1-5(12)14-3-2-6(10)7(11)4-8(13)9(15)16/h8H,2-4,13H2,1H3,(H2,12,14)(H,15,16)/b7-6-. The van der Waals surface area contributed by atoms with Crippen LogP contribution in [-0.4, -0.2) is 29.5 Å². The average molecular weight is 235 g/mol. The maximum atomic E-state index is 13.0. The van der Waals surface area contributed by atoms with Crippen LogP contribution in [0.5, 0.6) is 0 Å². The van der Waals surface area contributed by atoms with Crippen molar-refractivity contribution in [1.29, 1.82) is 0 Å². The van der Waals surface area contributed by atoms with Gasteiger partial charge in [0.25, 0.3) is 0 Å². The number of hydrogen-bond donors (Lipinski definition) is 3. The highest BCUT2D eigenvalue weighted by atomic mass is 19.2. The number of rotatable bonds is 6. The van der Waals surface area contributed by atoms with Gasteiger partial charge in [-0.1, -0.05) is 0 Å². The fourth-order valence-electron chi connectivity index (χ4n) is 0.857. The summed E-state index contributed by atoms with van der Waals surface area (Å²) >= 11 is 0. The maximum Gasteiger partial charge on any atom is 0.320 e. The second-order valence-corrected chi connectivity index (χ2v) is 3.23. The number of hydrogen-bond acceptors (Lipinski definition) is 3. The number of nitrogens with zero attached hydrogens (tertiary/aromatic N) is 1. The Labute approximate surface area is 91.8 Å². The summed E-state index contributed by atoms with van der Waals surface area (Å²) in [5.41, 5.74) is 10.2. The molecule has 0 bridgehead atoms. The molecule has 0 aromatic carbocycles. The molecule has 0 spiro atoms. The number of nitrogens with two attached hydrogens (primary N) is 2. The highest BCUT2D eigenvalue weighted by molar-refractivity contribution is 5.77. The zero-order valence-electron chi connectivity index (χ0n) is 8.91. The number of carboxylic acids is 1. The molecule has 1 atom stereocenters. The summed E-state index contributed by atoms with van der Waals surface area (Å²) in [5.74, 6) is -3.30. The van der Waals surface area contributed by atoms with Crippen molar-refractivity contribution in [2.24, 2.45) is 16.5 Å². The molecule has 1 unspecified atom stereocenters. The predicted octanol–water partition coefficient (Wildman–Crippen LogP) is 0.706. The molecule has 0 saturated carbocycles. The van der Waals surface area contributed by atoms with Crippen molar-refractivity contribution in [2.75, 3.05) is 6.54 Å². The normalized spacial score (nSPS) is 15.6. The predicted molar refractivity (Wildman–Crippen MR) is 56.3 cm³/mol. The third-order valence-corrected chi connectivity index (χ3v) is 1.70. The number of amidine groups is 1. The maximum absolute atomic E-state index is 13.0. The average Bonchev–Trinajstić information content (AvgIpc) is 2.16. The molecule has 0 aliphatic heterocycles. The second kappa shape index (κ2) is 6.89. The van der Waals surface area contributed by atoms with E-state index in [0.717, 1.165) is 0 Å². The van der Waals surface area contributed by atoms with Gasteiger partial charge in [0.2, 0.25) is 0 Å². The summed E-state index contributed by atoms with van der Waals surface area (Å²) in [6, 6.07) is -1.44. The first kappa shape index (κ1) is 14.5.